The number of carboxylic acids is 1. The minimum absolute atomic E-state index is 0.00671. The van der Waals surface area contributed by atoms with E-state index < -0.39 is 16.0 Å². The van der Waals surface area contributed by atoms with Crippen molar-refractivity contribution in [1.82, 2.24) is 14.5 Å². The molecule has 2 rings (SSSR count). The van der Waals surface area contributed by atoms with Crippen LogP contribution in [-0.2, 0) is 27.9 Å². The Kier molecular flexibility index (Phi) is 4.14. The molecule has 0 aliphatic carbocycles. The van der Waals surface area contributed by atoms with Crippen LogP contribution in [0.1, 0.15) is 17.0 Å². The van der Waals surface area contributed by atoms with Crippen molar-refractivity contribution in [2.75, 3.05) is 0 Å². The average Bonchev–Trinajstić information content (AvgIpc) is 2.96. The first-order valence-corrected chi connectivity index (χ1v) is 7.56. The number of nitrogens with zero attached hydrogens (tertiary/aromatic N) is 2. The van der Waals surface area contributed by atoms with E-state index in [2.05, 4.69) is 9.82 Å². The summed E-state index contributed by atoms with van der Waals surface area (Å²) in [5.74, 6) is -1.09. The highest BCUT2D eigenvalue weighted by atomic mass is 32.2. The van der Waals surface area contributed by atoms with Gasteiger partial charge in [-0.25, -0.2) is 13.1 Å². The van der Waals surface area contributed by atoms with Crippen molar-refractivity contribution in [2.45, 2.75) is 31.8 Å². The summed E-state index contributed by atoms with van der Waals surface area (Å²) in [6, 6.07) is 1.65. The van der Waals surface area contributed by atoms with Gasteiger partial charge in [-0.3, -0.25) is 9.48 Å². The van der Waals surface area contributed by atoms with Crippen LogP contribution in [0.5, 0.6) is 0 Å². The van der Waals surface area contributed by atoms with Crippen LogP contribution in [0, 0.1) is 13.8 Å². The van der Waals surface area contributed by atoms with E-state index in [1.807, 2.05) is 0 Å². The zero-order valence-electron chi connectivity index (χ0n) is 11.5. The molecule has 0 saturated carbocycles. The van der Waals surface area contributed by atoms with Gasteiger partial charge in [-0.1, -0.05) is 0 Å². The Bertz CT molecular complexity index is 746. The molecule has 21 heavy (non-hydrogen) atoms. The zero-order chi connectivity index (χ0) is 15.6. The lowest BCUT2D eigenvalue weighted by Crippen LogP contribution is -2.24. The SMILES string of the molecule is Cc1nn(CC(=O)O)c(C)c1S(=O)(=O)NCc1ccoc1. The molecule has 2 aromatic rings. The molecule has 2 N–H and O–H groups in total. The minimum atomic E-state index is -3.78. The van der Waals surface area contributed by atoms with Gasteiger partial charge in [0, 0.05) is 12.1 Å². The van der Waals surface area contributed by atoms with Crippen LogP contribution in [0.2, 0.25) is 0 Å². The number of aromatic nitrogens is 2. The van der Waals surface area contributed by atoms with Crippen molar-refractivity contribution in [3.05, 3.63) is 35.5 Å². The molecule has 0 saturated heterocycles. The molecule has 0 fully saturated rings. The van der Waals surface area contributed by atoms with Gasteiger partial charge in [-0.05, 0) is 19.9 Å². The van der Waals surface area contributed by atoms with Gasteiger partial charge >= 0.3 is 5.97 Å². The molecule has 2 heterocycles. The normalized spacial score (nSPS) is 11.7. The molecular weight excluding hydrogens is 298 g/mol. The highest BCUT2D eigenvalue weighted by Crippen LogP contribution is 2.19. The summed E-state index contributed by atoms with van der Waals surface area (Å²) in [5.41, 5.74) is 1.23. The largest absolute Gasteiger partial charge is 0.480 e. The van der Waals surface area contributed by atoms with Gasteiger partial charge in [0.25, 0.3) is 0 Å². The molecule has 0 unspecified atom stereocenters. The number of rotatable bonds is 6. The summed E-state index contributed by atoms with van der Waals surface area (Å²) in [7, 11) is -3.78. The molecule has 0 aromatic carbocycles. The Hall–Kier alpha value is -2.13. The number of sulfonamides is 1. The van der Waals surface area contributed by atoms with Gasteiger partial charge in [-0.2, -0.15) is 5.10 Å². The van der Waals surface area contributed by atoms with Crippen LogP contribution in [0.25, 0.3) is 0 Å². The fourth-order valence-electron chi connectivity index (χ4n) is 2.00. The second-order valence-electron chi connectivity index (χ2n) is 4.51. The van der Waals surface area contributed by atoms with Crippen LogP contribution in [0.15, 0.2) is 27.9 Å². The molecule has 0 radical (unpaired) electrons. The number of aliphatic carboxylic acids is 1. The average molecular weight is 313 g/mol. The van der Waals surface area contributed by atoms with Crippen LogP contribution >= 0.6 is 0 Å². The van der Waals surface area contributed by atoms with Gasteiger partial charge < -0.3 is 9.52 Å². The van der Waals surface area contributed by atoms with Crippen LogP contribution in [0.3, 0.4) is 0 Å². The molecule has 0 aliphatic rings. The molecule has 2 aromatic heterocycles. The summed E-state index contributed by atoms with van der Waals surface area (Å²) in [6.07, 6.45) is 2.89. The van der Waals surface area contributed by atoms with Gasteiger partial charge in [0.15, 0.2) is 0 Å². The first-order valence-electron chi connectivity index (χ1n) is 6.08. The predicted molar refractivity (Wildman–Crippen MR) is 72.1 cm³/mol. The maximum atomic E-state index is 12.3. The third kappa shape index (κ3) is 3.31. The van der Waals surface area contributed by atoms with E-state index in [0.29, 0.717) is 5.56 Å². The monoisotopic (exact) mass is 313 g/mol. The topological polar surface area (TPSA) is 114 Å². The van der Waals surface area contributed by atoms with Crippen molar-refractivity contribution in [3.8, 4) is 0 Å². The standard InChI is InChI=1S/C12H15N3O5S/c1-8-12(9(2)15(14-8)6-11(16)17)21(18,19)13-5-10-3-4-20-7-10/h3-4,7,13H,5-6H2,1-2H3,(H,16,17). The lowest BCUT2D eigenvalue weighted by atomic mass is 10.4. The molecule has 9 heteroatoms. The predicted octanol–water partition coefficient (Wildman–Crippen LogP) is 0.656. The molecule has 8 nitrogen and oxygen atoms in total. The van der Waals surface area contributed by atoms with Gasteiger partial charge in [0.1, 0.15) is 11.4 Å². The summed E-state index contributed by atoms with van der Waals surface area (Å²) >= 11 is 0. The number of hydrogen-bond acceptors (Lipinski definition) is 5. The van der Waals surface area contributed by atoms with Crippen LogP contribution in [-0.4, -0.2) is 29.3 Å². The molecular formula is C12H15N3O5S. The molecule has 0 spiro atoms. The zero-order valence-corrected chi connectivity index (χ0v) is 12.3. The molecule has 0 atom stereocenters. The Morgan fingerprint density at radius 1 is 1.48 bits per heavy atom. The van der Waals surface area contributed by atoms with Gasteiger partial charge in [0.05, 0.1) is 23.9 Å². The number of hydrogen-bond donors (Lipinski definition) is 2. The summed E-state index contributed by atoms with van der Waals surface area (Å²) < 4.78 is 33.1. The lowest BCUT2D eigenvalue weighted by molar-refractivity contribution is -0.137. The second-order valence-corrected chi connectivity index (χ2v) is 6.21. The fraction of sp³-hybridized carbons (Fsp3) is 0.333. The summed E-state index contributed by atoms with van der Waals surface area (Å²) in [4.78, 5) is 10.7. The smallest absolute Gasteiger partial charge is 0.325 e. The minimum Gasteiger partial charge on any atom is -0.480 e. The third-order valence-electron chi connectivity index (χ3n) is 2.92. The van der Waals surface area contributed by atoms with Crippen molar-refractivity contribution < 1.29 is 22.7 Å². The molecule has 114 valence electrons. The second kappa shape index (κ2) is 5.70. The maximum absolute atomic E-state index is 12.3. The molecule has 0 aliphatic heterocycles. The maximum Gasteiger partial charge on any atom is 0.325 e. The summed E-state index contributed by atoms with van der Waals surface area (Å²) in [6.45, 7) is 2.75. The molecule has 0 bridgehead atoms. The van der Waals surface area contributed by atoms with E-state index in [4.69, 9.17) is 9.52 Å². The van der Waals surface area contributed by atoms with Gasteiger partial charge in [0.2, 0.25) is 10.0 Å². The first kappa shape index (κ1) is 15.3. The first-order chi connectivity index (χ1) is 9.81. The van der Waals surface area contributed by atoms with Gasteiger partial charge in [-0.15, -0.1) is 0 Å². The number of carbonyl (C=O) groups is 1. The highest BCUT2D eigenvalue weighted by molar-refractivity contribution is 7.89. The Morgan fingerprint density at radius 3 is 2.76 bits per heavy atom. The van der Waals surface area contributed by atoms with E-state index in [1.54, 1.807) is 6.07 Å². The van der Waals surface area contributed by atoms with Crippen molar-refractivity contribution in [3.63, 3.8) is 0 Å². The number of furan rings is 1. The Balaban J connectivity index is 2.27. The van der Waals surface area contributed by atoms with E-state index in [9.17, 15) is 13.2 Å². The lowest BCUT2D eigenvalue weighted by Gasteiger charge is -2.06. The van der Waals surface area contributed by atoms with E-state index in [0.717, 1.165) is 4.68 Å². The van der Waals surface area contributed by atoms with E-state index in [-0.39, 0.29) is 29.4 Å². The molecule has 0 amide bonds. The van der Waals surface area contributed by atoms with Crippen molar-refractivity contribution >= 4 is 16.0 Å². The fourth-order valence-corrected chi connectivity index (χ4v) is 3.42. The quantitative estimate of drug-likeness (QED) is 0.809. The van der Waals surface area contributed by atoms with Crippen molar-refractivity contribution in [1.29, 1.82) is 0 Å². The number of nitrogens with one attached hydrogen (secondary N) is 1. The van der Waals surface area contributed by atoms with E-state index >= 15 is 0 Å². The Labute approximate surface area is 121 Å². The number of carboxylic acid groups (broad SMARTS) is 1. The van der Waals surface area contributed by atoms with E-state index in [1.165, 1.54) is 26.4 Å². The van der Waals surface area contributed by atoms with Crippen LogP contribution < -0.4 is 4.72 Å². The summed E-state index contributed by atoms with van der Waals surface area (Å²) in [5, 5.41) is 12.7. The Morgan fingerprint density at radius 2 is 2.19 bits per heavy atom. The highest BCUT2D eigenvalue weighted by Gasteiger charge is 2.25. The number of aryl methyl sites for hydroxylation is 1. The third-order valence-corrected chi connectivity index (χ3v) is 4.57. The van der Waals surface area contributed by atoms with Crippen LogP contribution in [0.4, 0.5) is 0 Å². The van der Waals surface area contributed by atoms with Crippen molar-refractivity contribution in [2.24, 2.45) is 0 Å².